The second-order valence-electron chi connectivity index (χ2n) is 3.58. The summed E-state index contributed by atoms with van der Waals surface area (Å²) in [5, 5.41) is 13.5. The normalized spacial score (nSPS) is 11.8. The summed E-state index contributed by atoms with van der Waals surface area (Å²) in [4.78, 5) is 16.7. The molecule has 0 bridgehead atoms. The van der Waals surface area contributed by atoms with Crippen LogP contribution in [0.15, 0.2) is 23.4 Å². The summed E-state index contributed by atoms with van der Waals surface area (Å²) in [6.45, 7) is 1.81. The molecule has 0 saturated carbocycles. The van der Waals surface area contributed by atoms with Gasteiger partial charge < -0.3 is 9.94 Å². The minimum absolute atomic E-state index is 0.273. The third-order valence-corrected chi connectivity index (χ3v) is 3.60. The number of aliphatic carboxylic acids is 1. The van der Waals surface area contributed by atoms with E-state index >= 15 is 0 Å². The lowest BCUT2D eigenvalue weighted by molar-refractivity contribution is -0.129. The molecule has 0 spiro atoms. The number of benzene rings is 1. The maximum absolute atomic E-state index is 13.8. The van der Waals surface area contributed by atoms with Gasteiger partial charge in [-0.25, -0.2) is 9.18 Å². The fourth-order valence-corrected chi connectivity index (χ4v) is 2.86. The number of fused-ring (bicyclic) bond motifs is 1. The fourth-order valence-electron chi connectivity index (χ4n) is 1.74. The number of aryl methyl sites for hydroxylation is 1. The van der Waals surface area contributed by atoms with E-state index in [0.29, 0.717) is 5.39 Å². The predicted molar refractivity (Wildman–Crippen MR) is 67.7 cm³/mol. The predicted octanol–water partition coefficient (Wildman–Crippen LogP) is 2.78. The van der Waals surface area contributed by atoms with Crippen LogP contribution in [0.4, 0.5) is 4.39 Å². The van der Waals surface area contributed by atoms with E-state index in [2.05, 4.69) is 9.99 Å². The van der Waals surface area contributed by atoms with Gasteiger partial charge in [0.25, 0.3) is 0 Å². The SMILES string of the molecule is CON=C(C(=O)O)c1sc(C)c2cccc(F)c12. The van der Waals surface area contributed by atoms with Crippen molar-refractivity contribution < 1.29 is 19.1 Å². The third-order valence-electron chi connectivity index (χ3n) is 2.48. The van der Waals surface area contributed by atoms with Gasteiger partial charge in [-0.2, -0.15) is 0 Å². The molecule has 0 aliphatic heterocycles. The first-order chi connectivity index (χ1) is 8.56. The standard InChI is InChI=1S/C12H10FNO3S/c1-6-7-4-3-5-8(13)9(7)11(18-6)10(12(15)16)14-17-2/h3-5H,1-2H3,(H,15,16). The Morgan fingerprint density at radius 1 is 1.50 bits per heavy atom. The zero-order valence-electron chi connectivity index (χ0n) is 9.73. The first-order valence-electron chi connectivity index (χ1n) is 5.08. The van der Waals surface area contributed by atoms with Crippen molar-refractivity contribution in [3.63, 3.8) is 0 Å². The number of oxime groups is 1. The van der Waals surface area contributed by atoms with Crippen molar-refractivity contribution in [1.29, 1.82) is 0 Å². The highest BCUT2D eigenvalue weighted by Crippen LogP contribution is 2.33. The van der Waals surface area contributed by atoms with E-state index in [1.165, 1.54) is 24.5 Å². The third kappa shape index (κ3) is 1.95. The number of rotatable bonds is 3. The Hall–Kier alpha value is -1.95. The van der Waals surface area contributed by atoms with Gasteiger partial charge in [0.15, 0.2) is 0 Å². The van der Waals surface area contributed by atoms with Crippen molar-refractivity contribution in [3.05, 3.63) is 33.8 Å². The highest BCUT2D eigenvalue weighted by atomic mass is 32.1. The van der Waals surface area contributed by atoms with Gasteiger partial charge in [-0.1, -0.05) is 17.3 Å². The van der Waals surface area contributed by atoms with Crippen molar-refractivity contribution in [2.75, 3.05) is 7.11 Å². The summed E-state index contributed by atoms with van der Waals surface area (Å²) in [6, 6.07) is 4.64. The lowest BCUT2D eigenvalue weighted by Gasteiger charge is -1.99. The number of thiophene rings is 1. The van der Waals surface area contributed by atoms with Crippen molar-refractivity contribution in [2.24, 2.45) is 5.16 Å². The molecule has 0 aliphatic carbocycles. The number of carbonyl (C=O) groups is 1. The Labute approximate surface area is 106 Å². The molecule has 1 aromatic heterocycles. The molecule has 0 amide bonds. The Bertz CT molecular complexity index is 648. The number of hydrogen-bond donors (Lipinski definition) is 1. The highest BCUT2D eigenvalue weighted by Gasteiger charge is 2.22. The maximum atomic E-state index is 13.8. The van der Waals surface area contributed by atoms with Crippen LogP contribution in [-0.4, -0.2) is 23.9 Å². The lowest BCUT2D eigenvalue weighted by Crippen LogP contribution is -2.13. The second kappa shape index (κ2) is 4.73. The Kier molecular flexibility index (Phi) is 3.29. The van der Waals surface area contributed by atoms with Crippen molar-refractivity contribution in [3.8, 4) is 0 Å². The van der Waals surface area contributed by atoms with E-state index in [9.17, 15) is 9.18 Å². The molecular formula is C12H10FNO3S. The van der Waals surface area contributed by atoms with Gasteiger partial charge in [0, 0.05) is 10.3 Å². The van der Waals surface area contributed by atoms with E-state index in [-0.39, 0.29) is 16.0 Å². The maximum Gasteiger partial charge on any atom is 0.359 e. The minimum atomic E-state index is -1.25. The van der Waals surface area contributed by atoms with Crippen LogP contribution in [-0.2, 0) is 9.63 Å². The zero-order chi connectivity index (χ0) is 13.3. The molecule has 0 radical (unpaired) electrons. The summed E-state index contributed by atoms with van der Waals surface area (Å²) in [5.74, 6) is -1.71. The average molecular weight is 267 g/mol. The molecule has 1 N–H and O–H groups in total. The van der Waals surface area contributed by atoms with Crippen LogP contribution in [0.1, 0.15) is 9.75 Å². The van der Waals surface area contributed by atoms with Gasteiger partial charge in [-0.3, -0.25) is 0 Å². The Balaban J connectivity index is 2.79. The van der Waals surface area contributed by atoms with E-state index < -0.39 is 11.8 Å². The van der Waals surface area contributed by atoms with Crippen molar-refractivity contribution in [2.45, 2.75) is 6.92 Å². The number of halogens is 1. The molecular weight excluding hydrogens is 257 g/mol. The summed E-state index contributed by atoms with van der Waals surface area (Å²) in [7, 11) is 1.25. The number of carboxylic acid groups (broad SMARTS) is 1. The molecule has 1 aromatic carbocycles. The van der Waals surface area contributed by atoms with Gasteiger partial charge in [0.2, 0.25) is 5.71 Å². The van der Waals surface area contributed by atoms with Crippen LogP contribution in [0.3, 0.4) is 0 Å². The van der Waals surface area contributed by atoms with Crippen LogP contribution in [0.2, 0.25) is 0 Å². The second-order valence-corrected chi connectivity index (χ2v) is 4.80. The van der Waals surface area contributed by atoms with Gasteiger partial charge in [-0.05, 0) is 18.4 Å². The average Bonchev–Trinajstić information content (AvgIpc) is 2.65. The van der Waals surface area contributed by atoms with Crippen LogP contribution in [0, 0.1) is 12.7 Å². The van der Waals surface area contributed by atoms with E-state index in [1.54, 1.807) is 12.1 Å². The molecule has 0 fully saturated rings. The molecule has 0 aliphatic rings. The molecule has 18 heavy (non-hydrogen) atoms. The summed E-state index contributed by atoms with van der Waals surface area (Å²) in [6.07, 6.45) is 0. The molecule has 4 nitrogen and oxygen atoms in total. The molecule has 0 atom stereocenters. The van der Waals surface area contributed by atoms with E-state index in [0.717, 1.165) is 4.88 Å². The molecule has 2 rings (SSSR count). The fraction of sp³-hybridized carbons (Fsp3) is 0.167. The molecule has 1 heterocycles. The molecule has 0 saturated heterocycles. The highest BCUT2D eigenvalue weighted by molar-refractivity contribution is 7.16. The first kappa shape index (κ1) is 12.5. The summed E-state index contributed by atoms with van der Waals surface area (Å²) < 4.78 is 13.8. The zero-order valence-corrected chi connectivity index (χ0v) is 10.5. The molecule has 0 unspecified atom stereocenters. The van der Waals surface area contributed by atoms with E-state index in [1.807, 2.05) is 6.92 Å². The minimum Gasteiger partial charge on any atom is -0.476 e. The number of nitrogens with zero attached hydrogens (tertiary/aromatic N) is 1. The van der Waals surface area contributed by atoms with Gasteiger partial charge in [0.05, 0.1) is 4.88 Å². The van der Waals surface area contributed by atoms with Crippen LogP contribution in [0.5, 0.6) is 0 Å². The van der Waals surface area contributed by atoms with Crippen LogP contribution >= 0.6 is 11.3 Å². The topological polar surface area (TPSA) is 58.9 Å². The quantitative estimate of drug-likeness (QED) is 0.687. The van der Waals surface area contributed by atoms with Gasteiger partial charge in [0.1, 0.15) is 12.9 Å². The van der Waals surface area contributed by atoms with Crippen LogP contribution < -0.4 is 0 Å². The molecule has 2 aromatic rings. The largest absolute Gasteiger partial charge is 0.476 e. The van der Waals surface area contributed by atoms with Gasteiger partial charge in [-0.15, -0.1) is 11.3 Å². The Morgan fingerprint density at radius 3 is 2.83 bits per heavy atom. The number of carboxylic acids is 1. The number of hydrogen-bond acceptors (Lipinski definition) is 4. The monoisotopic (exact) mass is 267 g/mol. The smallest absolute Gasteiger partial charge is 0.359 e. The van der Waals surface area contributed by atoms with E-state index in [4.69, 9.17) is 5.11 Å². The Morgan fingerprint density at radius 2 is 2.22 bits per heavy atom. The van der Waals surface area contributed by atoms with Crippen molar-refractivity contribution >= 4 is 33.8 Å². The summed E-state index contributed by atoms with van der Waals surface area (Å²) in [5.41, 5.74) is -0.286. The van der Waals surface area contributed by atoms with Crippen LogP contribution in [0.25, 0.3) is 10.8 Å². The summed E-state index contributed by atoms with van der Waals surface area (Å²) >= 11 is 1.19. The lowest BCUT2D eigenvalue weighted by atomic mass is 10.1. The van der Waals surface area contributed by atoms with Gasteiger partial charge >= 0.3 is 5.97 Å². The molecule has 6 heteroatoms. The van der Waals surface area contributed by atoms with Crippen molar-refractivity contribution in [1.82, 2.24) is 0 Å². The first-order valence-corrected chi connectivity index (χ1v) is 5.90. The molecule has 94 valence electrons.